The van der Waals surface area contributed by atoms with Gasteiger partial charge in [0.15, 0.2) is 18.3 Å². The predicted octanol–water partition coefficient (Wildman–Crippen LogP) is 2.64. The predicted molar refractivity (Wildman–Crippen MR) is 97.0 cm³/mol. The molecule has 0 bridgehead atoms. The molecule has 0 spiro atoms. The molecule has 2 rings (SSSR count). The van der Waals surface area contributed by atoms with E-state index in [1.54, 1.807) is 18.2 Å². The lowest BCUT2D eigenvalue weighted by Gasteiger charge is -2.10. The van der Waals surface area contributed by atoms with Crippen LogP contribution in [0.25, 0.3) is 6.08 Å². The molecule has 1 amide bonds. The lowest BCUT2D eigenvalue weighted by molar-refractivity contribution is -0.112. The molecule has 0 saturated heterocycles. The molecule has 1 aromatic heterocycles. The molecular formula is C17H18N4O4S. The van der Waals surface area contributed by atoms with E-state index in [1.165, 1.54) is 31.6 Å². The Morgan fingerprint density at radius 1 is 1.35 bits per heavy atom. The molecule has 8 nitrogen and oxygen atoms in total. The number of ether oxygens (including phenoxy) is 3. The van der Waals surface area contributed by atoms with Gasteiger partial charge >= 0.3 is 0 Å². The molecule has 9 heteroatoms. The van der Waals surface area contributed by atoms with Gasteiger partial charge in [-0.1, -0.05) is 24.3 Å². The Bertz CT molecular complexity index is 842. The summed E-state index contributed by atoms with van der Waals surface area (Å²) in [5, 5.41) is 20.8. The second kappa shape index (κ2) is 9.50. The van der Waals surface area contributed by atoms with E-state index in [0.717, 1.165) is 11.4 Å². The quantitative estimate of drug-likeness (QED) is 0.430. The van der Waals surface area contributed by atoms with Crippen molar-refractivity contribution in [2.24, 2.45) is 0 Å². The van der Waals surface area contributed by atoms with Crippen molar-refractivity contribution in [2.75, 3.05) is 26.3 Å². The van der Waals surface area contributed by atoms with Gasteiger partial charge in [-0.15, -0.1) is 10.2 Å². The monoisotopic (exact) mass is 374 g/mol. The molecule has 0 aliphatic carbocycles. The summed E-state index contributed by atoms with van der Waals surface area (Å²) in [6.45, 7) is 2.03. The number of hydrogen-bond donors (Lipinski definition) is 1. The summed E-state index contributed by atoms with van der Waals surface area (Å²) >= 11 is 1.27. The van der Waals surface area contributed by atoms with Crippen LogP contribution in [0.3, 0.4) is 0 Å². The molecule has 26 heavy (non-hydrogen) atoms. The summed E-state index contributed by atoms with van der Waals surface area (Å²) in [5.74, 6) is 0.408. The molecule has 0 saturated carbocycles. The lowest BCUT2D eigenvalue weighted by atomic mass is 10.1. The van der Waals surface area contributed by atoms with Crippen LogP contribution >= 0.6 is 11.3 Å². The highest BCUT2D eigenvalue weighted by Gasteiger charge is 2.13. The average Bonchev–Trinajstić information content (AvgIpc) is 3.12. The van der Waals surface area contributed by atoms with Gasteiger partial charge in [-0.25, -0.2) is 0 Å². The maximum absolute atomic E-state index is 12.3. The second-order valence-corrected chi connectivity index (χ2v) is 6.00. The normalized spacial score (nSPS) is 10.9. The van der Waals surface area contributed by atoms with Crippen LogP contribution in [0, 0.1) is 11.3 Å². The van der Waals surface area contributed by atoms with Gasteiger partial charge in [-0.2, -0.15) is 5.26 Å². The summed E-state index contributed by atoms with van der Waals surface area (Å²) in [6.07, 6.45) is 2.19. The van der Waals surface area contributed by atoms with E-state index in [1.807, 2.05) is 13.0 Å². The van der Waals surface area contributed by atoms with Gasteiger partial charge < -0.3 is 14.2 Å². The molecule has 2 aromatic rings. The first-order valence-electron chi connectivity index (χ1n) is 7.66. The fraction of sp³-hybridized carbons (Fsp3) is 0.294. The zero-order valence-electron chi connectivity index (χ0n) is 14.6. The van der Waals surface area contributed by atoms with Crippen molar-refractivity contribution >= 4 is 28.5 Å². The molecule has 1 heterocycles. The van der Waals surface area contributed by atoms with Crippen molar-refractivity contribution in [3.05, 3.63) is 34.3 Å². The highest BCUT2D eigenvalue weighted by Crippen LogP contribution is 2.29. The van der Waals surface area contributed by atoms with Crippen molar-refractivity contribution in [1.29, 1.82) is 5.26 Å². The molecule has 0 fully saturated rings. The Morgan fingerprint density at radius 2 is 2.15 bits per heavy atom. The molecule has 1 aromatic carbocycles. The smallest absolute Gasteiger partial charge is 0.268 e. The molecular weight excluding hydrogens is 356 g/mol. The number of aromatic nitrogens is 2. The number of carbonyl (C=O) groups excluding carboxylic acids is 1. The summed E-state index contributed by atoms with van der Waals surface area (Å²) in [6, 6.07) is 6.94. The first-order chi connectivity index (χ1) is 12.6. The third-order valence-corrected chi connectivity index (χ3v) is 4.17. The van der Waals surface area contributed by atoms with Crippen molar-refractivity contribution in [2.45, 2.75) is 13.3 Å². The molecule has 136 valence electrons. The number of nitrogens with one attached hydrogen (secondary N) is 1. The maximum atomic E-state index is 12.3. The number of nitriles is 1. The van der Waals surface area contributed by atoms with Crippen molar-refractivity contribution in [1.82, 2.24) is 10.2 Å². The van der Waals surface area contributed by atoms with Gasteiger partial charge in [0, 0.05) is 7.11 Å². The number of nitrogens with zero attached hydrogens (tertiary/aromatic N) is 3. The largest absolute Gasteiger partial charge is 0.493 e. The van der Waals surface area contributed by atoms with Crippen molar-refractivity contribution in [3.8, 4) is 17.6 Å². The minimum Gasteiger partial charge on any atom is -0.493 e. The van der Waals surface area contributed by atoms with Gasteiger partial charge in [0.1, 0.15) is 16.6 Å². The number of hydrogen-bond acceptors (Lipinski definition) is 8. The minimum absolute atomic E-state index is 0.0640. The number of rotatable bonds is 8. The van der Waals surface area contributed by atoms with Crippen LogP contribution in [0.1, 0.15) is 17.5 Å². The highest BCUT2D eigenvalue weighted by atomic mass is 32.1. The topological polar surface area (TPSA) is 106 Å². The zero-order chi connectivity index (χ0) is 18.9. The zero-order valence-corrected chi connectivity index (χ0v) is 15.4. The van der Waals surface area contributed by atoms with Gasteiger partial charge in [0.25, 0.3) is 5.91 Å². The van der Waals surface area contributed by atoms with E-state index in [0.29, 0.717) is 22.2 Å². The number of carbonyl (C=O) groups is 1. The third-order valence-electron chi connectivity index (χ3n) is 3.19. The van der Waals surface area contributed by atoms with Crippen LogP contribution in [0.2, 0.25) is 0 Å². The van der Waals surface area contributed by atoms with E-state index < -0.39 is 5.91 Å². The highest BCUT2D eigenvalue weighted by molar-refractivity contribution is 7.15. The lowest BCUT2D eigenvalue weighted by Crippen LogP contribution is -2.13. The standard InChI is InChI=1S/C17H18N4O4S/c1-4-15-20-21-17(26-15)19-16(22)12(9-18)7-11-5-6-13(25-10-23-2)14(8-11)24-3/h5-8H,4,10H2,1-3H3,(H,19,21,22)/b12-7+. The second-order valence-electron chi connectivity index (χ2n) is 4.94. The molecule has 0 atom stereocenters. The molecule has 0 radical (unpaired) electrons. The Morgan fingerprint density at radius 3 is 2.77 bits per heavy atom. The van der Waals surface area contributed by atoms with Crippen LogP contribution < -0.4 is 14.8 Å². The molecule has 0 unspecified atom stereocenters. The van der Waals surface area contributed by atoms with Crippen LogP contribution in [-0.4, -0.2) is 37.1 Å². The van der Waals surface area contributed by atoms with E-state index >= 15 is 0 Å². The van der Waals surface area contributed by atoms with Crippen molar-refractivity contribution < 1.29 is 19.0 Å². The van der Waals surface area contributed by atoms with E-state index in [9.17, 15) is 10.1 Å². The van der Waals surface area contributed by atoms with Gasteiger partial charge in [0.05, 0.1) is 7.11 Å². The fourth-order valence-corrected chi connectivity index (χ4v) is 2.62. The number of anilines is 1. The number of amides is 1. The van der Waals surface area contributed by atoms with Gasteiger partial charge in [0.2, 0.25) is 5.13 Å². The Labute approximate surface area is 155 Å². The fourth-order valence-electron chi connectivity index (χ4n) is 1.94. The first-order valence-corrected chi connectivity index (χ1v) is 8.48. The van der Waals surface area contributed by atoms with Gasteiger partial charge in [-0.05, 0) is 30.2 Å². The van der Waals surface area contributed by atoms with Crippen LogP contribution in [0.4, 0.5) is 5.13 Å². The summed E-state index contributed by atoms with van der Waals surface area (Å²) in [7, 11) is 3.02. The molecule has 0 aliphatic rings. The summed E-state index contributed by atoms with van der Waals surface area (Å²) in [4.78, 5) is 12.3. The Hall–Kier alpha value is -2.96. The molecule has 0 aliphatic heterocycles. The number of benzene rings is 1. The van der Waals surface area contributed by atoms with Crippen molar-refractivity contribution in [3.63, 3.8) is 0 Å². The van der Waals surface area contributed by atoms with E-state index in [-0.39, 0.29) is 12.4 Å². The third kappa shape index (κ3) is 5.02. The van der Waals surface area contributed by atoms with Crippen LogP contribution in [-0.2, 0) is 16.0 Å². The average molecular weight is 374 g/mol. The number of methoxy groups -OCH3 is 2. The Balaban J connectivity index is 2.19. The van der Waals surface area contributed by atoms with Crippen LogP contribution in [0.15, 0.2) is 23.8 Å². The van der Waals surface area contributed by atoms with E-state index in [2.05, 4.69) is 15.5 Å². The Kier molecular flexibility index (Phi) is 7.08. The maximum Gasteiger partial charge on any atom is 0.268 e. The summed E-state index contributed by atoms with van der Waals surface area (Å²) in [5.41, 5.74) is 0.552. The number of aryl methyl sites for hydroxylation is 1. The van der Waals surface area contributed by atoms with E-state index in [4.69, 9.17) is 14.2 Å². The SMILES string of the molecule is CCc1nnc(NC(=O)/C(C#N)=C/c2ccc(OCOC)c(OC)c2)s1. The summed E-state index contributed by atoms with van der Waals surface area (Å²) < 4.78 is 15.5. The minimum atomic E-state index is -0.551. The van der Waals surface area contributed by atoms with Gasteiger partial charge in [-0.3, -0.25) is 10.1 Å². The first kappa shape index (κ1) is 19.4. The van der Waals surface area contributed by atoms with Crippen LogP contribution in [0.5, 0.6) is 11.5 Å². The molecule has 1 N–H and O–H groups in total.